The zero-order valence-electron chi connectivity index (χ0n) is 9.14. The molecule has 17 heavy (non-hydrogen) atoms. The molecule has 0 fully saturated rings. The number of pyridine rings is 1. The Kier molecular flexibility index (Phi) is 3.27. The third-order valence-electron chi connectivity index (χ3n) is 2.24. The fourth-order valence-electron chi connectivity index (χ4n) is 1.43. The van der Waals surface area contributed by atoms with Crippen LogP contribution in [0.2, 0.25) is 0 Å². The average Bonchev–Trinajstić information content (AvgIpc) is 2.78. The highest BCUT2D eigenvalue weighted by molar-refractivity contribution is 6.52. The second-order valence-corrected chi connectivity index (χ2v) is 3.83. The molecule has 0 aromatic carbocycles. The Hall–Kier alpha value is -2.05. The van der Waals surface area contributed by atoms with E-state index in [0.717, 1.165) is 5.76 Å². The molecule has 2 rings (SSSR count). The third kappa shape index (κ3) is 2.38. The predicted octanol–water partition coefficient (Wildman–Crippen LogP) is 3.61. The summed E-state index contributed by atoms with van der Waals surface area (Å²) in [6.45, 7) is 1.82. The summed E-state index contributed by atoms with van der Waals surface area (Å²) in [6, 6.07) is 9.15. The van der Waals surface area contributed by atoms with Crippen LogP contribution >= 0.6 is 11.6 Å². The van der Waals surface area contributed by atoms with E-state index in [1.807, 2.05) is 6.92 Å². The van der Waals surface area contributed by atoms with Crippen LogP contribution in [0.1, 0.15) is 17.1 Å². The first-order valence-electron chi connectivity index (χ1n) is 4.99. The van der Waals surface area contributed by atoms with Gasteiger partial charge in [-0.2, -0.15) is 5.26 Å². The average molecular weight is 245 g/mol. The van der Waals surface area contributed by atoms with Gasteiger partial charge in [-0.3, -0.25) is 4.98 Å². The third-order valence-corrected chi connectivity index (χ3v) is 2.61. The van der Waals surface area contributed by atoms with Crippen molar-refractivity contribution in [1.82, 2.24) is 4.98 Å². The molecule has 0 aliphatic rings. The van der Waals surface area contributed by atoms with Gasteiger partial charge in [0.15, 0.2) is 0 Å². The maximum Gasteiger partial charge on any atom is 0.147 e. The van der Waals surface area contributed by atoms with E-state index in [9.17, 15) is 0 Å². The number of hydrogen-bond donors (Lipinski definition) is 0. The van der Waals surface area contributed by atoms with Gasteiger partial charge in [0.2, 0.25) is 0 Å². The van der Waals surface area contributed by atoms with Crippen molar-refractivity contribution >= 4 is 22.2 Å². The molecule has 0 atom stereocenters. The van der Waals surface area contributed by atoms with Gasteiger partial charge in [0.1, 0.15) is 22.6 Å². The minimum Gasteiger partial charge on any atom is -0.460 e. The molecule has 0 aliphatic carbocycles. The largest absolute Gasteiger partial charge is 0.460 e. The van der Waals surface area contributed by atoms with Gasteiger partial charge in [0.05, 0.1) is 5.57 Å². The summed E-state index contributed by atoms with van der Waals surface area (Å²) < 4.78 is 5.39. The van der Waals surface area contributed by atoms with E-state index in [-0.39, 0.29) is 0 Å². The lowest BCUT2D eigenvalue weighted by Crippen LogP contribution is -1.85. The summed E-state index contributed by atoms with van der Waals surface area (Å²) in [5, 5.41) is 9.46. The highest BCUT2D eigenvalue weighted by Gasteiger charge is 2.12. The van der Waals surface area contributed by atoms with E-state index in [1.54, 1.807) is 36.7 Å². The maximum absolute atomic E-state index is 9.16. The minimum atomic E-state index is 0.300. The number of furan rings is 1. The fourth-order valence-corrected chi connectivity index (χ4v) is 1.68. The van der Waals surface area contributed by atoms with Crippen molar-refractivity contribution in [3.63, 3.8) is 0 Å². The van der Waals surface area contributed by atoms with Crippen LogP contribution in [0.15, 0.2) is 41.1 Å². The van der Waals surface area contributed by atoms with Crippen molar-refractivity contribution in [3.05, 3.63) is 53.7 Å². The summed E-state index contributed by atoms with van der Waals surface area (Å²) >= 11 is 6.16. The van der Waals surface area contributed by atoms with E-state index >= 15 is 0 Å². The lowest BCUT2D eigenvalue weighted by molar-refractivity contribution is 0.524. The van der Waals surface area contributed by atoms with Crippen LogP contribution in [-0.2, 0) is 0 Å². The Bertz CT molecular complexity index is 593. The Balaban J connectivity index is 2.52. The molecular formula is C13H9ClN2O. The number of halogens is 1. The number of aromatic nitrogens is 1. The van der Waals surface area contributed by atoms with Gasteiger partial charge in [0, 0.05) is 18.0 Å². The quantitative estimate of drug-likeness (QED) is 0.758. The molecule has 2 aromatic heterocycles. The van der Waals surface area contributed by atoms with Crippen molar-refractivity contribution in [2.45, 2.75) is 6.92 Å². The first-order valence-corrected chi connectivity index (χ1v) is 5.37. The highest BCUT2D eigenvalue weighted by atomic mass is 35.5. The van der Waals surface area contributed by atoms with Crippen LogP contribution < -0.4 is 0 Å². The van der Waals surface area contributed by atoms with E-state index in [2.05, 4.69) is 11.1 Å². The number of aryl methyl sites for hydroxylation is 1. The summed E-state index contributed by atoms with van der Waals surface area (Å²) in [5.41, 5.74) is 1.03. The first kappa shape index (κ1) is 11.4. The number of nitrogens with zero attached hydrogens (tertiary/aromatic N) is 2. The lowest BCUT2D eigenvalue weighted by atomic mass is 10.1. The van der Waals surface area contributed by atoms with Crippen LogP contribution in [0, 0.1) is 18.3 Å². The summed E-state index contributed by atoms with van der Waals surface area (Å²) in [5.74, 6) is 1.24. The number of allylic oxidation sites excluding steroid dienone is 1. The molecule has 4 heteroatoms. The minimum absolute atomic E-state index is 0.300. The zero-order chi connectivity index (χ0) is 12.3. The molecule has 0 radical (unpaired) electrons. The molecule has 0 unspecified atom stereocenters. The van der Waals surface area contributed by atoms with Gasteiger partial charge < -0.3 is 4.42 Å². The molecule has 84 valence electrons. The van der Waals surface area contributed by atoms with E-state index in [1.165, 1.54) is 0 Å². The second-order valence-electron chi connectivity index (χ2n) is 3.45. The first-order chi connectivity index (χ1) is 8.22. The molecule has 0 saturated carbocycles. The molecular weight excluding hydrogens is 236 g/mol. The SMILES string of the molecule is Cc1ccc(/C(Cl)=C(/C#N)c2cccnc2)o1. The normalized spacial score (nSPS) is 11.8. The molecule has 0 saturated heterocycles. The number of nitriles is 1. The number of hydrogen-bond acceptors (Lipinski definition) is 3. The van der Waals surface area contributed by atoms with Crippen molar-refractivity contribution in [3.8, 4) is 6.07 Å². The second kappa shape index (κ2) is 4.86. The van der Waals surface area contributed by atoms with E-state index in [0.29, 0.717) is 21.9 Å². The summed E-state index contributed by atoms with van der Waals surface area (Å²) in [6.07, 6.45) is 3.24. The summed E-state index contributed by atoms with van der Waals surface area (Å²) in [7, 11) is 0. The molecule has 0 bridgehead atoms. The standard InChI is InChI=1S/C13H9ClN2O/c1-9-4-5-12(17-9)13(14)11(7-15)10-3-2-6-16-8-10/h2-6,8H,1H3/b13-11+. The smallest absolute Gasteiger partial charge is 0.147 e. The van der Waals surface area contributed by atoms with Gasteiger partial charge in [-0.1, -0.05) is 17.7 Å². The Labute approximate surface area is 104 Å². The fraction of sp³-hybridized carbons (Fsp3) is 0.0769. The Morgan fingerprint density at radius 1 is 1.41 bits per heavy atom. The lowest BCUT2D eigenvalue weighted by Gasteiger charge is -2.00. The highest BCUT2D eigenvalue weighted by Crippen LogP contribution is 2.29. The van der Waals surface area contributed by atoms with Crippen molar-refractivity contribution in [2.24, 2.45) is 0 Å². The van der Waals surface area contributed by atoms with Gasteiger partial charge in [-0.05, 0) is 25.1 Å². The zero-order valence-corrected chi connectivity index (χ0v) is 9.90. The molecule has 0 N–H and O–H groups in total. The van der Waals surface area contributed by atoms with Crippen molar-refractivity contribution in [1.29, 1.82) is 5.26 Å². The van der Waals surface area contributed by atoms with Gasteiger partial charge in [0.25, 0.3) is 0 Å². The molecule has 0 aliphatic heterocycles. The number of rotatable bonds is 2. The monoisotopic (exact) mass is 244 g/mol. The molecule has 2 aromatic rings. The van der Waals surface area contributed by atoms with Crippen LogP contribution in [0.25, 0.3) is 10.6 Å². The molecule has 0 amide bonds. The predicted molar refractivity (Wildman–Crippen MR) is 66.0 cm³/mol. The maximum atomic E-state index is 9.16. The van der Waals surface area contributed by atoms with Gasteiger partial charge in [-0.25, -0.2) is 0 Å². The molecule has 0 spiro atoms. The molecule has 3 nitrogen and oxygen atoms in total. The van der Waals surface area contributed by atoms with Crippen LogP contribution in [0.4, 0.5) is 0 Å². The van der Waals surface area contributed by atoms with Crippen molar-refractivity contribution in [2.75, 3.05) is 0 Å². The van der Waals surface area contributed by atoms with Crippen molar-refractivity contribution < 1.29 is 4.42 Å². The van der Waals surface area contributed by atoms with E-state index < -0.39 is 0 Å². The van der Waals surface area contributed by atoms with Gasteiger partial charge >= 0.3 is 0 Å². The van der Waals surface area contributed by atoms with E-state index in [4.69, 9.17) is 21.3 Å². The topological polar surface area (TPSA) is 49.8 Å². The van der Waals surface area contributed by atoms with Gasteiger partial charge in [-0.15, -0.1) is 0 Å². The van der Waals surface area contributed by atoms with Crippen LogP contribution in [-0.4, -0.2) is 4.98 Å². The Morgan fingerprint density at radius 2 is 2.24 bits per heavy atom. The Morgan fingerprint density at radius 3 is 2.76 bits per heavy atom. The summed E-state index contributed by atoms with van der Waals surface area (Å²) in [4.78, 5) is 3.96. The van der Waals surface area contributed by atoms with Crippen LogP contribution in [0.5, 0.6) is 0 Å². The molecule has 2 heterocycles. The van der Waals surface area contributed by atoms with Crippen LogP contribution in [0.3, 0.4) is 0 Å².